The molecule has 1 amide bonds. The molecule has 5 heteroatoms. The molecule has 2 aromatic rings. The Balaban J connectivity index is 1.73. The summed E-state index contributed by atoms with van der Waals surface area (Å²) in [5.41, 5.74) is 3.35. The average molecular weight is 353 g/mol. The molecule has 136 valence electrons. The summed E-state index contributed by atoms with van der Waals surface area (Å²) in [4.78, 5) is 27.0. The van der Waals surface area contributed by atoms with Gasteiger partial charge in [0, 0.05) is 12.2 Å². The number of ether oxygens (including phenoxy) is 2. The number of para-hydroxylation sites is 1. The first-order chi connectivity index (χ1) is 12.5. The number of aryl methyl sites for hydroxylation is 2. The van der Waals surface area contributed by atoms with Crippen LogP contribution in [0.5, 0.6) is 5.75 Å². The number of rotatable bonds is 4. The maximum atomic E-state index is 12.8. The summed E-state index contributed by atoms with van der Waals surface area (Å²) >= 11 is 0. The highest BCUT2D eigenvalue weighted by atomic mass is 16.5. The van der Waals surface area contributed by atoms with Gasteiger partial charge in [-0.15, -0.1) is 0 Å². The summed E-state index contributed by atoms with van der Waals surface area (Å²) in [5.74, 6) is -0.123. The van der Waals surface area contributed by atoms with Crippen LogP contribution in [0.3, 0.4) is 0 Å². The van der Waals surface area contributed by atoms with Gasteiger partial charge in [-0.1, -0.05) is 24.3 Å². The molecule has 5 nitrogen and oxygen atoms in total. The van der Waals surface area contributed by atoms with Gasteiger partial charge in [-0.25, -0.2) is 4.79 Å². The van der Waals surface area contributed by atoms with E-state index < -0.39 is 12.1 Å². The van der Waals surface area contributed by atoms with Crippen LogP contribution in [0.25, 0.3) is 0 Å². The molecule has 0 radical (unpaired) electrons. The zero-order valence-corrected chi connectivity index (χ0v) is 15.3. The second-order valence-corrected chi connectivity index (χ2v) is 6.45. The maximum absolute atomic E-state index is 12.8. The standard InChI is InChI=1S/C21H23NO4/c1-14-10-11-17(13-19(14)25-3)21(24)26-15(2)20(23)22-12-6-8-16-7-4-5-9-18(16)22/h4-5,7,9-11,13,15H,6,8,12H2,1-3H3. The van der Waals surface area contributed by atoms with Crippen LogP contribution in [0, 0.1) is 6.92 Å². The molecule has 0 spiro atoms. The van der Waals surface area contributed by atoms with Gasteiger partial charge in [-0.2, -0.15) is 0 Å². The van der Waals surface area contributed by atoms with E-state index in [0.717, 1.165) is 29.7 Å². The molecule has 1 aliphatic rings. The SMILES string of the molecule is COc1cc(C(=O)OC(C)C(=O)N2CCCc3ccccc32)ccc1C. The molecule has 0 aliphatic carbocycles. The number of carbonyl (C=O) groups is 2. The number of hydrogen-bond donors (Lipinski definition) is 0. The fourth-order valence-electron chi connectivity index (χ4n) is 3.21. The van der Waals surface area contributed by atoms with Crippen LogP contribution < -0.4 is 9.64 Å². The van der Waals surface area contributed by atoms with Gasteiger partial charge >= 0.3 is 5.97 Å². The van der Waals surface area contributed by atoms with Crippen molar-refractivity contribution >= 4 is 17.6 Å². The van der Waals surface area contributed by atoms with Gasteiger partial charge in [0.25, 0.3) is 5.91 Å². The molecule has 1 aliphatic heterocycles. The first-order valence-electron chi connectivity index (χ1n) is 8.76. The van der Waals surface area contributed by atoms with Crippen LogP contribution in [-0.4, -0.2) is 31.6 Å². The van der Waals surface area contributed by atoms with Gasteiger partial charge < -0.3 is 14.4 Å². The van der Waals surface area contributed by atoms with Crippen molar-refractivity contribution in [3.8, 4) is 5.75 Å². The summed E-state index contributed by atoms with van der Waals surface area (Å²) in [6.45, 7) is 4.15. The van der Waals surface area contributed by atoms with Crippen LogP contribution in [0.1, 0.15) is 34.8 Å². The highest BCUT2D eigenvalue weighted by Crippen LogP contribution is 2.27. The molecule has 1 unspecified atom stereocenters. The first-order valence-corrected chi connectivity index (χ1v) is 8.76. The number of hydrogen-bond acceptors (Lipinski definition) is 4. The molecule has 2 aromatic carbocycles. The van der Waals surface area contributed by atoms with Crippen LogP contribution in [0.2, 0.25) is 0 Å². The molecule has 0 N–H and O–H groups in total. The summed E-state index contributed by atoms with van der Waals surface area (Å²) in [5, 5.41) is 0. The van der Waals surface area contributed by atoms with Crippen LogP contribution in [0.15, 0.2) is 42.5 Å². The van der Waals surface area contributed by atoms with Gasteiger partial charge in [0.1, 0.15) is 5.75 Å². The Labute approximate surface area is 153 Å². The Morgan fingerprint density at radius 1 is 1.15 bits per heavy atom. The Hall–Kier alpha value is -2.82. The van der Waals surface area contributed by atoms with Gasteiger partial charge in [0.05, 0.1) is 12.7 Å². The van der Waals surface area contributed by atoms with E-state index >= 15 is 0 Å². The monoisotopic (exact) mass is 353 g/mol. The van der Waals surface area contributed by atoms with E-state index in [1.807, 2.05) is 31.2 Å². The molecule has 1 heterocycles. The minimum atomic E-state index is -0.860. The van der Waals surface area contributed by atoms with Gasteiger partial charge in [-0.3, -0.25) is 4.79 Å². The minimum absolute atomic E-state index is 0.204. The Bertz CT molecular complexity index is 831. The second-order valence-electron chi connectivity index (χ2n) is 6.45. The summed E-state index contributed by atoms with van der Waals surface area (Å²) in [7, 11) is 1.55. The number of carbonyl (C=O) groups excluding carboxylic acids is 2. The van der Waals surface area contributed by atoms with Gasteiger partial charge in [0.15, 0.2) is 6.10 Å². The van der Waals surface area contributed by atoms with E-state index in [1.54, 1.807) is 37.1 Å². The molecule has 1 atom stereocenters. The van der Waals surface area contributed by atoms with Crippen LogP contribution >= 0.6 is 0 Å². The van der Waals surface area contributed by atoms with Gasteiger partial charge in [0.2, 0.25) is 0 Å². The van der Waals surface area contributed by atoms with E-state index in [4.69, 9.17) is 9.47 Å². The average Bonchev–Trinajstić information content (AvgIpc) is 2.67. The predicted octanol–water partition coefficient (Wildman–Crippen LogP) is 3.53. The van der Waals surface area contributed by atoms with E-state index in [9.17, 15) is 9.59 Å². The Morgan fingerprint density at radius 2 is 1.92 bits per heavy atom. The van der Waals surface area contributed by atoms with E-state index in [0.29, 0.717) is 17.9 Å². The van der Waals surface area contributed by atoms with Crippen molar-refractivity contribution in [3.63, 3.8) is 0 Å². The fourth-order valence-corrected chi connectivity index (χ4v) is 3.21. The number of amides is 1. The Kier molecular flexibility index (Phi) is 5.26. The molecule has 0 bridgehead atoms. The molecule has 0 fully saturated rings. The number of benzene rings is 2. The van der Waals surface area contributed by atoms with Crippen molar-refractivity contribution in [1.82, 2.24) is 0 Å². The summed E-state index contributed by atoms with van der Waals surface area (Å²) < 4.78 is 10.7. The molecule has 3 rings (SSSR count). The quantitative estimate of drug-likeness (QED) is 0.789. The van der Waals surface area contributed by atoms with E-state index in [2.05, 4.69) is 0 Å². The number of esters is 1. The first kappa shape index (κ1) is 18.0. The largest absolute Gasteiger partial charge is 0.496 e. The minimum Gasteiger partial charge on any atom is -0.496 e. The molecule has 0 saturated heterocycles. The molecular formula is C21H23NO4. The number of anilines is 1. The number of nitrogens with zero attached hydrogens (tertiary/aromatic N) is 1. The maximum Gasteiger partial charge on any atom is 0.339 e. The third kappa shape index (κ3) is 3.57. The lowest BCUT2D eigenvalue weighted by Gasteiger charge is -2.31. The summed E-state index contributed by atoms with van der Waals surface area (Å²) in [6, 6.07) is 13.0. The van der Waals surface area contributed by atoms with Crippen molar-refractivity contribution in [3.05, 3.63) is 59.2 Å². The molecular weight excluding hydrogens is 330 g/mol. The molecule has 0 aromatic heterocycles. The van der Waals surface area contributed by atoms with Crippen molar-refractivity contribution in [2.75, 3.05) is 18.6 Å². The lowest BCUT2D eigenvalue weighted by atomic mass is 10.0. The van der Waals surface area contributed by atoms with Crippen molar-refractivity contribution in [2.45, 2.75) is 32.8 Å². The molecule has 26 heavy (non-hydrogen) atoms. The van der Waals surface area contributed by atoms with E-state index in [-0.39, 0.29) is 5.91 Å². The fraction of sp³-hybridized carbons (Fsp3) is 0.333. The van der Waals surface area contributed by atoms with Gasteiger partial charge in [-0.05, 0) is 56.0 Å². The normalized spacial score (nSPS) is 14.3. The van der Waals surface area contributed by atoms with Crippen LogP contribution in [-0.2, 0) is 16.0 Å². The summed E-state index contributed by atoms with van der Waals surface area (Å²) in [6.07, 6.45) is 0.997. The highest BCUT2D eigenvalue weighted by molar-refractivity contribution is 5.99. The second kappa shape index (κ2) is 7.60. The van der Waals surface area contributed by atoms with Crippen molar-refractivity contribution in [1.29, 1.82) is 0 Å². The number of fused-ring (bicyclic) bond motifs is 1. The lowest BCUT2D eigenvalue weighted by Crippen LogP contribution is -2.42. The highest BCUT2D eigenvalue weighted by Gasteiger charge is 2.28. The van der Waals surface area contributed by atoms with E-state index in [1.165, 1.54) is 0 Å². The number of methoxy groups -OCH3 is 1. The van der Waals surface area contributed by atoms with Crippen LogP contribution in [0.4, 0.5) is 5.69 Å². The zero-order valence-electron chi connectivity index (χ0n) is 15.3. The smallest absolute Gasteiger partial charge is 0.339 e. The third-order valence-electron chi connectivity index (χ3n) is 4.65. The topological polar surface area (TPSA) is 55.8 Å². The lowest BCUT2D eigenvalue weighted by molar-refractivity contribution is -0.126. The third-order valence-corrected chi connectivity index (χ3v) is 4.65. The van der Waals surface area contributed by atoms with Crippen molar-refractivity contribution in [2.24, 2.45) is 0 Å². The zero-order chi connectivity index (χ0) is 18.7. The predicted molar refractivity (Wildman–Crippen MR) is 99.7 cm³/mol. The molecule has 0 saturated carbocycles. The van der Waals surface area contributed by atoms with Crippen molar-refractivity contribution < 1.29 is 19.1 Å². The Morgan fingerprint density at radius 3 is 2.69 bits per heavy atom.